The standard InChI is InChI=1S/C15H19BrN2O3/c1-3-15(4-2)13(19)18(14(20)17-15)8-9-21-12-7-5-6-11(16)10-12/h5-7,10H,3-4,8-9H2,1-2H3,(H,17,20). The van der Waals surface area contributed by atoms with Crippen LogP contribution >= 0.6 is 15.9 Å². The summed E-state index contributed by atoms with van der Waals surface area (Å²) in [6.07, 6.45) is 1.19. The number of nitrogens with zero attached hydrogens (tertiary/aromatic N) is 1. The quantitative estimate of drug-likeness (QED) is 0.799. The van der Waals surface area contributed by atoms with Crippen molar-refractivity contribution in [1.29, 1.82) is 0 Å². The van der Waals surface area contributed by atoms with Crippen LogP contribution in [0.2, 0.25) is 0 Å². The van der Waals surface area contributed by atoms with E-state index in [1.807, 2.05) is 38.1 Å². The summed E-state index contributed by atoms with van der Waals surface area (Å²) in [5.41, 5.74) is -0.743. The fourth-order valence-electron chi connectivity index (χ4n) is 2.42. The van der Waals surface area contributed by atoms with E-state index in [2.05, 4.69) is 21.2 Å². The number of hydrogen-bond acceptors (Lipinski definition) is 3. The normalized spacial score (nSPS) is 17.0. The maximum atomic E-state index is 12.4. The molecular formula is C15H19BrN2O3. The van der Waals surface area contributed by atoms with E-state index in [4.69, 9.17) is 4.74 Å². The maximum absolute atomic E-state index is 12.4. The van der Waals surface area contributed by atoms with Gasteiger partial charge in [0.1, 0.15) is 17.9 Å². The van der Waals surface area contributed by atoms with E-state index in [1.165, 1.54) is 4.90 Å². The summed E-state index contributed by atoms with van der Waals surface area (Å²) in [6.45, 7) is 4.34. The van der Waals surface area contributed by atoms with Crippen LogP contribution in [0.15, 0.2) is 28.7 Å². The largest absolute Gasteiger partial charge is 0.492 e. The number of ether oxygens (including phenoxy) is 1. The third-order valence-corrected chi connectivity index (χ3v) is 4.33. The van der Waals surface area contributed by atoms with Crippen molar-refractivity contribution in [1.82, 2.24) is 10.2 Å². The molecule has 0 radical (unpaired) electrons. The van der Waals surface area contributed by atoms with Crippen molar-refractivity contribution in [2.24, 2.45) is 0 Å². The maximum Gasteiger partial charge on any atom is 0.325 e. The number of urea groups is 1. The van der Waals surface area contributed by atoms with Crippen LogP contribution in [-0.4, -0.2) is 35.5 Å². The molecule has 0 aliphatic carbocycles. The molecular weight excluding hydrogens is 336 g/mol. The zero-order valence-electron chi connectivity index (χ0n) is 12.2. The zero-order valence-corrected chi connectivity index (χ0v) is 13.8. The van der Waals surface area contributed by atoms with Gasteiger partial charge in [-0.3, -0.25) is 9.69 Å². The Bertz CT molecular complexity index is 543. The van der Waals surface area contributed by atoms with Crippen molar-refractivity contribution >= 4 is 27.9 Å². The van der Waals surface area contributed by atoms with Crippen LogP contribution in [0.3, 0.4) is 0 Å². The number of benzene rings is 1. The second kappa shape index (κ2) is 6.47. The summed E-state index contributed by atoms with van der Waals surface area (Å²) >= 11 is 3.36. The smallest absolute Gasteiger partial charge is 0.325 e. The second-order valence-electron chi connectivity index (χ2n) is 4.98. The second-order valence-corrected chi connectivity index (χ2v) is 5.90. The van der Waals surface area contributed by atoms with E-state index in [-0.39, 0.29) is 25.1 Å². The summed E-state index contributed by atoms with van der Waals surface area (Å²) in [4.78, 5) is 25.6. The van der Waals surface area contributed by atoms with Gasteiger partial charge in [-0.2, -0.15) is 0 Å². The number of rotatable bonds is 6. The predicted molar refractivity (Wildman–Crippen MR) is 83.2 cm³/mol. The van der Waals surface area contributed by atoms with Gasteiger partial charge in [-0.15, -0.1) is 0 Å². The summed E-state index contributed by atoms with van der Waals surface area (Å²) in [7, 11) is 0. The van der Waals surface area contributed by atoms with Gasteiger partial charge < -0.3 is 10.1 Å². The highest BCUT2D eigenvalue weighted by atomic mass is 79.9. The van der Waals surface area contributed by atoms with E-state index in [9.17, 15) is 9.59 Å². The Morgan fingerprint density at radius 3 is 2.57 bits per heavy atom. The first-order valence-corrected chi connectivity index (χ1v) is 7.84. The van der Waals surface area contributed by atoms with Gasteiger partial charge in [-0.05, 0) is 31.0 Å². The zero-order chi connectivity index (χ0) is 15.5. The van der Waals surface area contributed by atoms with E-state index < -0.39 is 5.54 Å². The molecule has 0 aromatic heterocycles. The minimum absolute atomic E-state index is 0.157. The van der Waals surface area contributed by atoms with Crippen LogP contribution in [0.5, 0.6) is 5.75 Å². The Kier molecular flexibility index (Phi) is 4.88. The minimum atomic E-state index is -0.743. The molecule has 114 valence electrons. The van der Waals surface area contributed by atoms with Gasteiger partial charge in [-0.25, -0.2) is 4.79 Å². The van der Waals surface area contributed by atoms with Gasteiger partial charge in [0.25, 0.3) is 5.91 Å². The molecule has 0 spiro atoms. The van der Waals surface area contributed by atoms with Crippen molar-refractivity contribution < 1.29 is 14.3 Å². The van der Waals surface area contributed by atoms with E-state index in [0.29, 0.717) is 18.6 Å². The molecule has 1 fully saturated rings. The lowest BCUT2D eigenvalue weighted by Gasteiger charge is -2.23. The highest BCUT2D eigenvalue weighted by Crippen LogP contribution is 2.24. The molecule has 21 heavy (non-hydrogen) atoms. The summed E-state index contributed by atoms with van der Waals surface area (Å²) < 4.78 is 6.50. The number of amides is 3. The van der Waals surface area contributed by atoms with Crippen LogP contribution in [0.25, 0.3) is 0 Å². The van der Waals surface area contributed by atoms with E-state index >= 15 is 0 Å². The molecule has 1 aromatic rings. The van der Waals surface area contributed by atoms with Crippen LogP contribution < -0.4 is 10.1 Å². The van der Waals surface area contributed by atoms with Crippen molar-refractivity contribution in [3.05, 3.63) is 28.7 Å². The van der Waals surface area contributed by atoms with Crippen molar-refractivity contribution in [2.75, 3.05) is 13.2 Å². The molecule has 6 heteroatoms. The summed E-state index contributed by atoms with van der Waals surface area (Å²) in [5.74, 6) is 0.545. The van der Waals surface area contributed by atoms with Crippen molar-refractivity contribution in [3.8, 4) is 5.75 Å². The van der Waals surface area contributed by atoms with E-state index in [0.717, 1.165) is 4.47 Å². The Balaban J connectivity index is 1.94. The number of imide groups is 1. The molecule has 1 N–H and O–H groups in total. The summed E-state index contributed by atoms with van der Waals surface area (Å²) in [5, 5.41) is 2.80. The molecule has 1 aromatic carbocycles. The predicted octanol–water partition coefficient (Wildman–Crippen LogP) is 2.94. The average Bonchev–Trinajstić information content (AvgIpc) is 2.72. The summed E-state index contributed by atoms with van der Waals surface area (Å²) in [6, 6.07) is 7.11. The van der Waals surface area contributed by atoms with Gasteiger partial charge in [0.15, 0.2) is 0 Å². The molecule has 1 aliphatic rings. The Labute approximate surface area is 132 Å². The monoisotopic (exact) mass is 354 g/mol. The third kappa shape index (κ3) is 3.20. The van der Waals surface area contributed by atoms with Gasteiger partial charge in [-0.1, -0.05) is 35.8 Å². The van der Waals surface area contributed by atoms with Gasteiger partial charge in [0, 0.05) is 4.47 Å². The van der Waals surface area contributed by atoms with Crippen molar-refractivity contribution in [3.63, 3.8) is 0 Å². The fraction of sp³-hybridized carbons (Fsp3) is 0.467. The first-order valence-electron chi connectivity index (χ1n) is 7.05. The highest BCUT2D eigenvalue weighted by Gasteiger charge is 2.48. The molecule has 0 atom stereocenters. The van der Waals surface area contributed by atoms with Crippen LogP contribution in [0, 0.1) is 0 Å². The lowest BCUT2D eigenvalue weighted by atomic mass is 9.93. The van der Waals surface area contributed by atoms with Crippen molar-refractivity contribution in [2.45, 2.75) is 32.2 Å². The number of hydrogen-bond donors (Lipinski definition) is 1. The molecule has 1 saturated heterocycles. The first kappa shape index (κ1) is 15.8. The molecule has 1 aliphatic heterocycles. The lowest BCUT2D eigenvalue weighted by molar-refractivity contribution is -0.131. The Morgan fingerprint density at radius 2 is 2.00 bits per heavy atom. The van der Waals surface area contributed by atoms with Gasteiger partial charge >= 0.3 is 6.03 Å². The number of nitrogens with one attached hydrogen (secondary N) is 1. The number of halogens is 1. The SMILES string of the molecule is CCC1(CC)NC(=O)N(CCOc2cccc(Br)c2)C1=O. The van der Waals surface area contributed by atoms with Crippen LogP contribution in [0.4, 0.5) is 4.79 Å². The number of carbonyl (C=O) groups excluding carboxylic acids is 2. The Morgan fingerprint density at radius 1 is 1.29 bits per heavy atom. The molecule has 0 bridgehead atoms. The molecule has 0 saturated carbocycles. The molecule has 0 unspecified atom stereocenters. The van der Waals surface area contributed by atoms with Crippen LogP contribution in [0.1, 0.15) is 26.7 Å². The van der Waals surface area contributed by atoms with Crippen LogP contribution in [-0.2, 0) is 4.79 Å². The number of carbonyl (C=O) groups is 2. The molecule has 3 amide bonds. The third-order valence-electron chi connectivity index (χ3n) is 3.83. The minimum Gasteiger partial charge on any atom is -0.492 e. The van der Waals surface area contributed by atoms with E-state index in [1.54, 1.807) is 0 Å². The highest BCUT2D eigenvalue weighted by molar-refractivity contribution is 9.10. The fourth-order valence-corrected chi connectivity index (χ4v) is 2.80. The lowest BCUT2D eigenvalue weighted by Crippen LogP contribution is -2.46. The average molecular weight is 355 g/mol. The van der Waals surface area contributed by atoms with Gasteiger partial charge in [0.05, 0.1) is 6.54 Å². The van der Waals surface area contributed by atoms with Gasteiger partial charge in [0.2, 0.25) is 0 Å². The first-order chi connectivity index (χ1) is 10.0. The Hall–Kier alpha value is -1.56. The molecule has 2 rings (SSSR count). The topological polar surface area (TPSA) is 58.6 Å². The molecule has 5 nitrogen and oxygen atoms in total. The molecule has 1 heterocycles.